The molecule has 1 heterocycles. The summed E-state index contributed by atoms with van der Waals surface area (Å²) in [6.45, 7) is 0. The van der Waals surface area contributed by atoms with Crippen LogP contribution in [0.15, 0.2) is 6.20 Å². The van der Waals surface area contributed by atoms with E-state index in [0.29, 0.717) is 11.7 Å². The molecule has 0 spiro atoms. The molecule has 1 radical (unpaired) electrons. The van der Waals surface area contributed by atoms with Crippen LogP contribution in [-0.4, -0.2) is 9.78 Å². The fourth-order valence-corrected chi connectivity index (χ4v) is 1.71. The predicted molar refractivity (Wildman–Crippen MR) is 43.3 cm³/mol. The average Bonchev–Trinajstić information content (AvgIpc) is 2.75. The molecule has 1 saturated carbocycles. The van der Waals surface area contributed by atoms with Crippen molar-refractivity contribution < 1.29 is 0 Å². The second-order valence-corrected chi connectivity index (χ2v) is 3.15. The molecule has 0 N–H and O–H groups in total. The molecule has 2 rings (SSSR count). The highest BCUT2D eigenvalue weighted by Gasteiger charge is 2.17. The van der Waals surface area contributed by atoms with E-state index in [2.05, 4.69) is 11.2 Å². The molecule has 61 valence electrons. The van der Waals surface area contributed by atoms with Gasteiger partial charge < -0.3 is 0 Å². The molecule has 0 atom stereocenters. The van der Waals surface area contributed by atoms with Crippen molar-refractivity contribution in [3.63, 3.8) is 0 Å². The summed E-state index contributed by atoms with van der Waals surface area (Å²) < 4.78 is 1.88. The van der Waals surface area contributed by atoms with Crippen LogP contribution in [0, 0.1) is 17.4 Å². The molecule has 0 aliphatic heterocycles. The van der Waals surface area contributed by atoms with Gasteiger partial charge in [-0.2, -0.15) is 10.4 Å². The van der Waals surface area contributed by atoms with E-state index in [-0.39, 0.29) is 0 Å². The van der Waals surface area contributed by atoms with Crippen LogP contribution >= 0.6 is 0 Å². The third kappa shape index (κ3) is 1.20. The van der Waals surface area contributed by atoms with E-state index in [1.54, 1.807) is 6.20 Å². The molecule has 3 nitrogen and oxygen atoms in total. The SMILES string of the molecule is N#Cc1[c]cn(C2CCCC2)n1. The van der Waals surface area contributed by atoms with Crippen LogP contribution in [0.25, 0.3) is 0 Å². The molecule has 0 unspecified atom stereocenters. The van der Waals surface area contributed by atoms with Crippen molar-refractivity contribution in [2.75, 3.05) is 0 Å². The Bertz CT molecular complexity index is 302. The van der Waals surface area contributed by atoms with Gasteiger partial charge in [-0.05, 0) is 12.8 Å². The summed E-state index contributed by atoms with van der Waals surface area (Å²) in [5.74, 6) is 0. The molecule has 12 heavy (non-hydrogen) atoms. The van der Waals surface area contributed by atoms with Gasteiger partial charge >= 0.3 is 0 Å². The number of hydrogen-bond acceptors (Lipinski definition) is 2. The van der Waals surface area contributed by atoms with Gasteiger partial charge in [-0.15, -0.1) is 0 Å². The normalized spacial score (nSPS) is 17.9. The second kappa shape index (κ2) is 2.98. The highest BCUT2D eigenvalue weighted by Crippen LogP contribution is 2.28. The Morgan fingerprint density at radius 2 is 2.33 bits per heavy atom. The van der Waals surface area contributed by atoms with Crippen molar-refractivity contribution in [1.82, 2.24) is 9.78 Å². The standard InChI is InChI=1S/C9H10N3/c10-7-8-5-6-12(11-8)9-3-1-2-4-9/h6,9H,1-4H2. The Hall–Kier alpha value is -1.30. The molecular weight excluding hydrogens is 150 g/mol. The van der Waals surface area contributed by atoms with E-state index < -0.39 is 0 Å². The molecule has 1 aliphatic carbocycles. The molecular formula is C9H10N3. The average molecular weight is 160 g/mol. The van der Waals surface area contributed by atoms with Gasteiger partial charge in [0.1, 0.15) is 6.07 Å². The maximum atomic E-state index is 8.54. The minimum Gasteiger partial charge on any atom is -0.268 e. The van der Waals surface area contributed by atoms with Crippen LogP contribution in [0.3, 0.4) is 0 Å². The molecule has 1 fully saturated rings. The van der Waals surface area contributed by atoms with Crippen LogP contribution in [-0.2, 0) is 0 Å². The Kier molecular flexibility index (Phi) is 1.83. The predicted octanol–water partition coefficient (Wildman–Crippen LogP) is 1.67. The fourth-order valence-electron chi connectivity index (χ4n) is 1.71. The van der Waals surface area contributed by atoms with Crippen LogP contribution in [0.4, 0.5) is 0 Å². The molecule has 1 aromatic heterocycles. The summed E-state index contributed by atoms with van der Waals surface area (Å²) in [6.07, 6.45) is 6.74. The summed E-state index contributed by atoms with van der Waals surface area (Å²) in [6, 6.07) is 5.32. The third-order valence-electron chi connectivity index (χ3n) is 2.35. The van der Waals surface area contributed by atoms with Crippen molar-refractivity contribution >= 4 is 0 Å². The summed E-state index contributed by atoms with van der Waals surface area (Å²) in [5, 5.41) is 12.6. The van der Waals surface area contributed by atoms with Gasteiger partial charge in [0.05, 0.1) is 6.04 Å². The zero-order valence-electron chi connectivity index (χ0n) is 6.82. The highest BCUT2D eigenvalue weighted by atomic mass is 15.3. The lowest BCUT2D eigenvalue weighted by molar-refractivity contribution is 0.466. The maximum Gasteiger partial charge on any atom is 0.170 e. The first-order valence-corrected chi connectivity index (χ1v) is 4.27. The zero-order chi connectivity index (χ0) is 8.39. The lowest BCUT2D eigenvalue weighted by atomic mass is 10.3. The minimum absolute atomic E-state index is 0.405. The Morgan fingerprint density at radius 1 is 1.58 bits per heavy atom. The lowest BCUT2D eigenvalue weighted by Gasteiger charge is -2.07. The third-order valence-corrected chi connectivity index (χ3v) is 2.35. The van der Waals surface area contributed by atoms with E-state index >= 15 is 0 Å². The molecule has 0 saturated heterocycles. The van der Waals surface area contributed by atoms with Crippen LogP contribution in [0.2, 0.25) is 0 Å². The van der Waals surface area contributed by atoms with Gasteiger partial charge in [0, 0.05) is 12.3 Å². The maximum absolute atomic E-state index is 8.54. The van der Waals surface area contributed by atoms with Crippen LogP contribution < -0.4 is 0 Å². The van der Waals surface area contributed by atoms with Gasteiger partial charge in [-0.3, -0.25) is 4.68 Å². The van der Waals surface area contributed by atoms with E-state index in [1.807, 2.05) is 10.8 Å². The first kappa shape index (κ1) is 7.35. The van der Waals surface area contributed by atoms with Gasteiger partial charge in [0.2, 0.25) is 0 Å². The summed E-state index contributed by atoms with van der Waals surface area (Å²) in [4.78, 5) is 0. The van der Waals surface area contributed by atoms with Gasteiger partial charge in [0.15, 0.2) is 5.69 Å². The van der Waals surface area contributed by atoms with Crippen molar-refractivity contribution in [1.29, 1.82) is 5.26 Å². The van der Waals surface area contributed by atoms with E-state index in [1.165, 1.54) is 25.7 Å². The Balaban J connectivity index is 2.17. The lowest BCUT2D eigenvalue weighted by Crippen LogP contribution is -2.04. The number of hydrogen-bond donors (Lipinski definition) is 0. The largest absolute Gasteiger partial charge is 0.268 e. The fraction of sp³-hybridized carbons (Fsp3) is 0.556. The van der Waals surface area contributed by atoms with E-state index in [0.717, 1.165) is 0 Å². The van der Waals surface area contributed by atoms with Gasteiger partial charge in [0.25, 0.3) is 0 Å². The summed E-state index contributed by atoms with van der Waals surface area (Å²) in [5.41, 5.74) is 0.405. The summed E-state index contributed by atoms with van der Waals surface area (Å²) >= 11 is 0. The topological polar surface area (TPSA) is 41.6 Å². The zero-order valence-corrected chi connectivity index (χ0v) is 6.82. The number of nitrogens with zero attached hydrogens (tertiary/aromatic N) is 3. The molecule has 1 aliphatic rings. The van der Waals surface area contributed by atoms with E-state index in [9.17, 15) is 0 Å². The smallest absolute Gasteiger partial charge is 0.170 e. The molecule has 0 amide bonds. The molecule has 1 aromatic rings. The number of nitriles is 1. The van der Waals surface area contributed by atoms with Gasteiger partial charge in [-0.1, -0.05) is 12.8 Å². The van der Waals surface area contributed by atoms with Crippen molar-refractivity contribution in [2.24, 2.45) is 0 Å². The van der Waals surface area contributed by atoms with Crippen LogP contribution in [0.5, 0.6) is 0 Å². The number of aromatic nitrogens is 2. The minimum atomic E-state index is 0.405. The quantitative estimate of drug-likeness (QED) is 0.627. The first-order chi connectivity index (χ1) is 5.90. The van der Waals surface area contributed by atoms with Crippen molar-refractivity contribution in [3.05, 3.63) is 18.0 Å². The first-order valence-electron chi connectivity index (χ1n) is 4.27. The molecule has 0 aromatic carbocycles. The van der Waals surface area contributed by atoms with E-state index in [4.69, 9.17) is 5.26 Å². The van der Waals surface area contributed by atoms with Crippen LogP contribution in [0.1, 0.15) is 37.4 Å². The van der Waals surface area contributed by atoms with Crippen molar-refractivity contribution in [2.45, 2.75) is 31.7 Å². The molecule has 0 bridgehead atoms. The monoisotopic (exact) mass is 160 g/mol. The molecule has 3 heteroatoms. The van der Waals surface area contributed by atoms with Gasteiger partial charge in [-0.25, -0.2) is 0 Å². The Morgan fingerprint density at radius 3 is 2.92 bits per heavy atom. The van der Waals surface area contributed by atoms with Crippen molar-refractivity contribution in [3.8, 4) is 6.07 Å². The summed E-state index contributed by atoms with van der Waals surface area (Å²) in [7, 11) is 0. The number of rotatable bonds is 1. The second-order valence-electron chi connectivity index (χ2n) is 3.15. The highest BCUT2D eigenvalue weighted by molar-refractivity contribution is 5.15. The Labute approximate surface area is 71.6 Å².